The highest BCUT2D eigenvalue weighted by Crippen LogP contribution is 2.33. The van der Waals surface area contributed by atoms with Crippen LogP contribution in [0.2, 0.25) is 5.02 Å². The molecule has 4 heteroatoms. The molecule has 1 amide bonds. The molecule has 3 aromatic carbocycles. The Kier molecular flexibility index (Phi) is 4.66. The Morgan fingerprint density at radius 3 is 2.45 bits per heavy atom. The third kappa shape index (κ3) is 3.43. The first-order valence-electron chi connectivity index (χ1n) is 6.89. The first-order chi connectivity index (χ1) is 10.7. The molecule has 0 aliphatic rings. The van der Waals surface area contributed by atoms with Crippen LogP contribution in [0.3, 0.4) is 0 Å². The summed E-state index contributed by atoms with van der Waals surface area (Å²) in [6, 6.07) is 21.3. The fraction of sp³-hybridized carbons (Fsp3) is 0.0556. The van der Waals surface area contributed by atoms with Crippen LogP contribution in [-0.4, -0.2) is 11.7 Å². The van der Waals surface area contributed by atoms with E-state index >= 15 is 0 Å². The van der Waals surface area contributed by atoms with Crippen LogP contribution in [0.25, 0.3) is 10.8 Å². The van der Waals surface area contributed by atoms with Crippen LogP contribution >= 0.6 is 23.4 Å². The Morgan fingerprint density at radius 1 is 0.955 bits per heavy atom. The van der Waals surface area contributed by atoms with Crippen LogP contribution in [0.15, 0.2) is 71.6 Å². The van der Waals surface area contributed by atoms with E-state index in [2.05, 4.69) is 5.32 Å². The van der Waals surface area contributed by atoms with Gasteiger partial charge in [0.05, 0.1) is 5.75 Å². The summed E-state index contributed by atoms with van der Waals surface area (Å²) in [6.07, 6.45) is 0. The van der Waals surface area contributed by atoms with E-state index in [9.17, 15) is 4.79 Å². The van der Waals surface area contributed by atoms with E-state index in [1.54, 1.807) is 0 Å². The van der Waals surface area contributed by atoms with Gasteiger partial charge < -0.3 is 5.32 Å². The number of fused-ring (bicyclic) bond motifs is 1. The maximum absolute atomic E-state index is 12.0. The van der Waals surface area contributed by atoms with Gasteiger partial charge in [0.15, 0.2) is 0 Å². The van der Waals surface area contributed by atoms with E-state index < -0.39 is 0 Å². The molecule has 0 bridgehead atoms. The number of anilines is 1. The fourth-order valence-corrected chi connectivity index (χ4v) is 3.49. The summed E-state index contributed by atoms with van der Waals surface area (Å²) in [5.41, 5.74) is 0.809. The zero-order valence-electron chi connectivity index (χ0n) is 11.8. The third-order valence-corrected chi connectivity index (χ3v) is 4.60. The van der Waals surface area contributed by atoms with E-state index in [-0.39, 0.29) is 5.91 Å². The van der Waals surface area contributed by atoms with Crippen LogP contribution in [0, 0.1) is 0 Å². The molecule has 0 radical (unpaired) electrons. The monoisotopic (exact) mass is 327 g/mol. The Bertz CT molecular complexity index is 799. The number of halogens is 1. The normalized spacial score (nSPS) is 10.6. The van der Waals surface area contributed by atoms with E-state index in [1.807, 2.05) is 66.7 Å². The molecule has 0 atom stereocenters. The van der Waals surface area contributed by atoms with Crippen molar-refractivity contribution in [2.24, 2.45) is 0 Å². The van der Waals surface area contributed by atoms with Gasteiger partial charge in [0.2, 0.25) is 5.91 Å². The van der Waals surface area contributed by atoms with Gasteiger partial charge in [-0.25, -0.2) is 0 Å². The molecule has 2 nitrogen and oxygen atoms in total. The second-order valence-corrected chi connectivity index (χ2v) is 6.22. The molecule has 3 aromatic rings. The van der Waals surface area contributed by atoms with Crippen LogP contribution < -0.4 is 5.32 Å². The summed E-state index contributed by atoms with van der Waals surface area (Å²) in [6.45, 7) is 0. The molecule has 0 saturated heterocycles. The number of hydrogen-bond acceptors (Lipinski definition) is 2. The minimum atomic E-state index is -0.0275. The Balaban J connectivity index is 1.73. The van der Waals surface area contributed by atoms with Gasteiger partial charge in [-0.15, -0.1) is 11.8 Å². The molecule has 0 aliphatic carbocycles. The third-order valence-electron chi connectivity index (χ3n) is 3.23. The topological polar surface area (TPSA) is 29.1 Å². The zero-order chi connectivity index (χ0) is 15.4. The Labute approximate surface area is 138 Å². The van der Waals surface area contributed by atoms with Crippen molar-refractivity contribution in [2.75, 3.05) is 11.1 Å². The zero-order valence-corrected chi connectivity index (χ0v) is 13.3. The first-order valence-corrected chi connectivity index (χ1v) is 8.25. The van der Waals surface area contributed by atoms with Crippen molar-refractivity contribution in [1.29, 1.82) is 0 Å². The minimum absolute atomic E-state index is 0.0275. The van der Waals surface area contributed by atoms with Crippen LogP contribution in [0.4, 0.5) is 5.69 Å². The van der Waals surface area contributed by atoms with Crippen molar-refractivity contribution in [3.05, 3.63) is 71.8 Å². The van der Waals surface area contributed by atoms with Crippen molar-refractivity contribution in [2.45, 2.75) is 4.90 Å². The van der Waals surface area contributed by atoms with Gasteiger partial charge in [-0.3, -0.25) is 4.79 Å². The number of carbonyl (C=O) groups excluding carboxylic acids is 1. The molecule has 3 rings (SSSR count). The summed E-state index contributed by atoms with van der Waals surface area (Å²) >= 11 is 7.79. The SMILES string of the molecule is O=C(CSc1cccc2cccc(Cl)c12)Nc1ccccc1. The molecule has 0 heterocycles. The molecular weight excluding hydrogens is 314 g/mol. The maximum Gasteiger partial charge on any atom is 0.234 e. The second kappa shape index (κ2) is 6.86. The van der Waals surface area contributed by atoms with Crippen LogP contribution in [-0.2, 0) is 4.79 Å². The number of benzene rings is 3. The van der Waals surface area contributed by atoms with Crippen molar-refractivity contribution in [3.8, 4) is 0 Å². The average molecular weight is 328 g/mol. The smallest absolute Gasteiger partial charge is 0.234 e. The number of rotatable bonds is 4. The van der Waals surface area contributed by atoms with Gasteiger partial charge in [-0.05, 0) is 29.7 Å². The first kappa shape index (κ1) is 14.9. The van der Waals surface area contributed by atoms with Crippen molar-refractivity contribution in [3.63, 3.8) is 0 Å². The van der Waals surface area contributed by atoms with Gasteiger partial charge in [0.1, 0.15) is 0 Å². The summed E-state index contributed by atoms with van der Waals surface area (Å²) in [5, 5.41) is 5.68. The molecule has 1 N–H and O–H groups in total. The Morgan fingerprint density at radius 2 is 1.68 bits per heavy atom. The quantitative estimate of drug-likeness (QED) is 0.665. The van der Waals surface area contributed by atoms with E-state index in [4.69, 9.17) is 11.6 Å². The van der Waals surface area contributed by atoms with Gasteiger partial charge in [0.25, 0.3) is 0 Å². The van der Waals surface area contributed by atoms with E-state index in [0.717, 1.165) is 21.4 Å². The Hall–Kier alpha value is -1.97. The molecule has 0 saturated carbocycles. The lowest BCUT2D eigenvalue weighted by Gasteiger charge is -2.08. The predicted octanol–water partition coefficient (Wildman–Crippen LogP) is 5.22. The van der Waals surface area contributed by atoms with Crippen molar-refractivity contribution in [1.82, 2.24) is 0 Å². The van der Waals surface area contributed by atoms with E-state index in [1.165, 1.54) is 11.8 Å². The fourth-order valence-electron chi connectivity index (χ4n) is 2.24. The minimum Gasteiger partial charge on any atom is -0.325 e. The van der Waals surface area contributed by atoms with Crippen molar-refractivity contribution < 1.29 is 4.79 Å². The lowest BCUT2D eigenvalue weighted by atomic mass is 10.1. The maximum atomic E-state index is 12.0. The molecule has 0 aromatic heterocycles. The van der Waals surface area contributed by atoms with Crippen molar-refractivity contribution >= 4 is 45.7 Å². The molecule has 110 valence electrons. The number of amides is 1. The van der Waals surface area contributed by atoms with Gasteiger partial charge in [-0.2, -0.15) is 0 Å². The van der Waals surface area contributed by atoms with Gasteiger partial charge in [-0.1, -0.05) is 54.1 Å². The number of hydrogen-bond donors (Lipinski definition) is 1. The number of thioether (sulfide) groups is 1. The van der Waals surface area contributed by atoms with Gasteiger partial charge >= 0.3 is 0 Å². The molecule has 22 heavy (non-hydrogen) atoms. The highest BCUT2D eigenvalue weighted by molar-refractivity contribution is 8.00. The van der Waals surface area contributed by atoms with E-state index in [0.29, 0.717) is 10.8 Å². The molecule has 0 aliphatic heterocycles. The number of para-hydroxylation sites is 1. The standard InChI is InChI=1S/C18H14ClNOS/c19-15-10-4-6-13-7-5-11-16(18(13)15)22-12-17(21)20-14-8-2-1-3-9-14/h1-11H,12H2,(H,20,21). The molecular formula is C18H14ClNOS. The lowest BCUT2D eigenvalue weighted by molar-refractivity contribution is -0.113. The van der Waals surface area contributed by atoms with Crippen LogP contribution in [0.5, 0.6) is 0 Å². The number of nitrogens with one attached hydrogen (secondary N) is 1. The molecule has 0 unspecified atom stereocenters. The summed E-state index contributed by atoms with van der Waals surface area (Å²) in [7, 11) is 0. The highest BCUT2D eigenvalue weighted by Gasteiger charge is 2.08. The number of carbonyl (C=O) groups is 1. The molecule has 0 fully saturated rings. The largest absolute Gasteiger partial charge is 0.325 e. The summed E-state index contributed by atoms with van der Waals surface area (Å²) in [4.78, 5) is 13.1. The lowest BCUT2D eigenvalue weighted by Crippen LogP contribution is -2.13. The molecule has 0 spiro atoms. The highest BCUT2D eigenvalue weighted by atomic mass is 35.5. The van der Waals surface area contributed by atoms with Gasteiger partial charge in [0, 0.05) is 21.0 Å². The second-order valence-electron chi connectivity index (χ2n) is 4.80. The predicted molar refractivity (Wildman–Crippen MR) is 94.8 cm³/mol. The summed E-state index contributed by atoms with van der Waals surface area (Å²) < 4.78 is 0. The summed E-state index contributed by atoms with van der Waals surface area (Å²) in [5.74, 6) is 0.319. The van der Waals surface area contributed by atoms with Crippen LogP contribution in [0.1, 0.15) is 0 Å². The average Bonchev–Trinajstić information content (AvgIpc) is 2.54.